The van der Waals surface area contributed by atoms with Crippen LogP contribution in [0.3, 0.4) is 0 Å². The van der Waals surface area contributed by atoms with Gasteiger partial charge in [0.05, 0.1) is 19.6 Å². The molecular weight excluding hydrogens is 592 g/mol. The first-order valence-corrected chi connectivity index (χ1v) is 14.1. The average Bonchev–Trinajstić information content (AvgIpc) is 2.80. The molecule has 0 N–H and O–H groups in total. The van der Waals surface area contributed by atoms with Crippen LogP contribution in [0.1, 0.15) is 0 Å². The quantitative estimate of drug-likeness (QED) is 0.245. The van der Waals surface area contributed by atoms with E-state index in [2.05, 4.69) is 31.9 Å². The monoisotopic (exact) mass is 606 g/mol. The van der Waals surface area contributed by atoms with E-state index in [1.54, 1.807) is 36.4 Å². The molecule has 0 amide bonds. The largest absolute Gasteiger partial charge is 0.457 e. The van der Waals surface area contributed by atoms with Gasteiger partial charge in [0.1, 0.15) is 11.5 Å². The van der Waals surface area contributed by atoms with E-state index in [1.807, 2.05) is 0 Å². The first-order valence-electron chi connectivity index (χ1n) is 9.55. The number of hydrogen-bond acceptors (Lipinski definition) is 5. The van der Waals surface area contributed by atoms with Gasteiger partial charge in [0.2, 0.25) is 19.7 Å². The van der Waals surface area contributed by atoms with Crippen molar-refractivity contribution in [3.63, 3.8) is 0 Å². The SMILES string of the molecule is O=S(=O)(c1ccc(Oc2cccc(S(=O)(=O)c3cccc(Br)c3)c2)cc1)c1cccc(Br)c1. The highest BCUT2D eigenvalue weighted by Gasteiger charge is 2.20. The van der Waals surface area contributed by atoms with Crippen molar-refractivity contribution in [2.45, 2.75) is 19.6 Å². The minimum absolute atomic E-state index is 0.0898. The molecule has 0 unspecified atom stereocenters. The zero-order valence-electron chi connectivity index (χ0n) is 16.9. The van der Waals surface area contributed by atoms with Gasteiger partial charge in [-0.25, -0.2) is 16.8 Å². The van der Waals surface area contributed by atoms with Crippen LogP contribution < -0.4 is 4.74 Å². The highest BCUT2D eigenvalue weighted by molar-refractivity contribution is 9.10. The Morgan fingerprint density at radius 3 is 1.45 bits per heavy atom. The molecule has 4 aromatic carbocycles. The maximum Gasteiger partial charge on any atom is 0.206 e. The number of rotatable bonds is 6. The Morgan fingerprint density at radius 1 is 0.485 bits per heavy atom. The minimum atomic E-state index is -3.73. The molecule has 0 aliphatic carbocycles. The van der Waals surface area contributed by atoms with Crippen molar-refractivity contribution in [2.24, 2.45) is 0 Å². The fourth-order valence-corrected chi connectivity index (χ4v) is 6.82. The summed E-state index contributed by atoms with van der Waals surface area (Å²) >= 11 is 6.57. The molecule has 4 rings (SSSR count). The molecule has 0 fully saturated rings. The van der Waals surface area contributed by atoms with Gasteiger partial charge in [-0.1, -0.05) is 50.1 Å². The van der Waals surface area contributed by atoms with Crippen molar-refractivity contribution in [3.8, 4) is 11.5 Å². The lowest BCUT2D eigenvalue weighted by molar-refractivity contribution is 0.480. The lowest BCUT2D eigenvalue weighted by Gasteiger charge is -2.10. The Kier molecular flexibility index (Phi) is 6.76. The Labute approximate surface area is 209 Å². The molecule has 168 valence electrons. The predicted octanol–water partition coefficient (Wildman–Crippen LogP) is 6.67. The molecule has 5 nitrogen and oxygen atoms in total. The van der Waals surface area contributed by atoms with Crippen molar-refractivity contribution in [1.29, 1.82) is 0 Å². The van der Waals surface area contributed by atoms with Crippen molar-refractivity contribution in [2.75, 3.05) is 0 Å². The second kappa shape index (κ2) is 9.42. The second-order valence-corrected chi connectivity index (χ2v) is 12.7. The molecule has 0 aliphatic heterocycles. The standard InChI is InChI=1S/C24H16Br2O5S2/c25-17-4-1-7-22(14-17)32(27,28)21-12-10-19(11-13-21)31-20-6-3-9-24(16-20)33(29,30)23-8-2-5-18(26)15-23/h1-16H. The fourth-order valence-electron chi connectivity index (χ4n) is 3.07. The van der Waals surface area contributed by atoms with Gasteiger partial charge in [0.15, 0.2) is 0 Å². The lowest BCUT2D eigenvalue weighted by atomic mass is 10.3. The summed E-state index contributed by atoms with van der Waals surface area (Å²) in [6.45, 7) is 0. The Balaban J connectivity index is 1.58. The Morgan fingerprint density at radius 2 is 0.939 bits per heavy atom. The first-order chi connectivity index (χ1) is 15.7. The van der Waals surface area contributed by atoms with Crippen LogP contribution in [-0.4, -0.2) is 16.8 Å². The van der Waals surface area contributed by atoms with E-state index < -0.39 is 19.7 Å². The molecule has 0 heterocycles. The number of halogens is 2. The topological polar surface area (TPSA) is 77.5 Å². The van der Waals surface area contributed by atoms with E-state index in [1.165, 1.54) is 60.7 Å². The highest BCUT2D eigenvalue weighted by atomic mass is 79.9. The van der Waals surface area contributed by atoms with Crippen LogP contribution in [0.5, 0.6) is 11.5 Å². The van der Waals surface area contributed by atoms with Crippen molar-refractivity contribution in [3.05, 3.63) is 106 Å². The smallest absolute Gasteiger partial charge is 0.206 e. The van der Waals surface area contributed by atoms with E-state index in [-0.39, 0.29) is 19.6 Å². The van der Waals surface area contributed by atoms with Gasteiger partial charge in [0, 0.05) is 8.95 Å². The van der Waals surface area contributed by atoms with Gasteiger partial charge in [-0.15, -0.1) is 0 Å². The van der Waals surface area contributed by atoms with Crippen molar-refractivity contribution >= 4 is 51.5 Å². The summed E-state index contributed by atoms with van der Waals surface area (Å²) in [6.07, 6.45) is 0. The Bertz CT molecular complexity index is 1530. The van der Waals surface area contributed by atoms with Crippen LogP contribution in [0, 0.1) is 0 Å². The summed E-state index contributed by atoms with van der Waals surface area (Å²) in [4.78, 5) is 0.554. The molecule has 0 spiro atoms. The van der Waals surface area contributed by atoms with E-state index >= 15 is 0 Å². The zero-order chi connectivity index (χ0) is 23.6. The van der Waals surface area contributed by atoms with Crippen LogP contribution in [-0.2, 0) is 19.7 Å². The molecule has 0 bridgehead atoms. The summed E-state index contributed by atoms with van der Waals surface area (Å²) in [7, 11) is -7.41. The van der Waals surface area contributed by atoms with Crippen LogP contribution in [0.25, 0.3) is 0 Å². The molecule has 33 heavy (non-hydrogen) atoms. The van der Waals surface area contributed by atoms with E-state index in [9.17, 15) is 16.8 Å². The second-order valence-electron chi connectivity index (χ2n) is 6.97. The van der Waals surface area contributed by atoms with Crippen LogP contribution >= 0.6 is 31.9 Å². The third-order valence-corrected chi connectivity index (χ3v) is 9.20. The van der Waals surface area contributed by atoms with Gasteiger partial charge in [-0.3, -0.25) is 0 Å². The molecule has 4 aromatic rings. The molecule has 9 heteroatoms. The summed E-state index contributed by atoms with van der Waals surface area (Å²) in [5.41, 5.74) is 0. The van der Waals surface area contributed by atoms with Crippen LogP contribution in [0.4, 0.5) is 0 Å². The summed E-state index contributed by atoms with van der Waals surface area (Å²) < 4.78 is 58.7. The van der Waals surface area contributed by atoms with E-state index in [0.717, 1.165) is 0 Å². The van der Waals surface area contributed by atoms with Crippen molar-refractivity contribution in [1.82, 2.24) is 0 Å². The van der Waals surface area contributed by atoms with E-state index in [0.29, 0.717) is 20.4 Å². The summed E-state index contributed by atoms with van der Waals surface area (Å²) in [6, 6.07) is 25.0. The van der Waals surface area contributed by atoms with Gasteiger partial charge in [-0.05, 0) is 78.9 Å². The fraction of sp³-hybridized carbons (Fsp3) is 0. The number of benzene rings is 4. The maximum absolute atomic E-state index is 13.0. The first kappa shape index (κ1) is 23.7. The van der Waals surface area contributed by atoms with Crippen molar-refractivity contribution < 1.29 is 21.6 Å². The molecule has 0 saturated heterocycles. The normalized spacial score (nSPS) is 11.8. The molecule has 0 aliphatic rings. The molecule has 0 atom stereocenters. The van der Waals surface area contributed by atoms with Crippen LogP contribution in [0.2, 0.25) is 0 Å². The van der Waals surface area contributed by atoms with Gasteiger partial charge in [0.25, 0.3) is 0 Å². The lowest BCUT2D eigenvalue weighted by Crippen LogP contribution is -2.02. The van der Waals surface area contributed by atoms with Gasteiger partial charge < -0.3 is 4.74 Å². The van der Waals surface area contributed by atoms with Gasteiger partial charge in [-0.2, -0.15) is 0 Å². The third-order valence-electron chi connectivity index (χ3n) is 4.70. The van der Waals surface area contributed by atoms with Gasteiger partial charge >= 0.3 is 0 Å². The molecular formula is C24H16Br2O5S2. The average molecular weight is 608 g/mol. The Hall–Kier alpha value is -2.46. The number of sulfone groups is 2. The number of ether oxygens (including phenoxy) is 1. The molecule has 0 aromatic heterocycles. The van der Waals surface area contributed by atoms with Crippen LogP contribution in [0.15, 0.2) is 126 Å². The predicted molar refractivity (Wildman–Crippen MR) is 132 cm³/mol. The summed E-state index contributed by atoms with van der Waals surface area (Å²) in [5.74, 6) is 0.689. The minimum Gasteiger partial charge on any atom is -0.457 e. The zero-order valence-corrected chi connectivity index (χ0v) is 21.7. The molecule has 0 radical (unpaired) electrons. The summed E-state index contributed by atoms with van der Waals surface area (Å²) in [5, 5.41) is 0. The number of hydrogen-bond donors (Lipinski definition) is 0. The van der Waals surface area contributed by atoms with E-state index in [4.69, 9.17) is 4.74 Å². The highest BCUT2D eigenvalue weighted by Crippen LogP contribution is 2.30. The molecule has 0 saturated carbocycles. The maximum atomic E-state index is 13.0. The third kappa shape index (κ3) is 5.22.